The van der Waals surface area contributed by atoms with Crippen LogP contribution in [-0.2, 0) is 22.6 Å². The van der Waals surface area contributed by atoms with Crippen LogP contribution in [0.25, 0.3) is 0 Å². The maximum Gasteiger partial charge on any atom is 0.191 e. The van der Waals surface area contributed by atoms with Gasteiger partial charge in [0.05, 0.1) is 19.3 Å². The van der Waals surface area contributed by atoms with Crippen LogP contribution in [-0.4, -0.2) is 45.5 Å². The van der Waals surface area contributed by atoms with Crippen LogP contribution in [0.1, 0.15) is 24.0 Å². The van der Waals surface area contributed by atoms with Crippen LogP contribution in [0.3, 0.4) is 0 Å². The molecular weight excluding hydrogens is 366 g/mol. The first-order chi connectivity index (χ1) is 14.3. The first-order valence-electron chi connectivity index (χ1n) is 10.2. The van der Waals surface area contributed by atoms with Crippen LogP contribution in [0.15, 0.2) is 59.6 Å². The average Bonchev–Trinajstić information content (AvgIpc) is 2.79. The normalized spacial score (nSPS) is 15.1. The fourth-order valence-corrected chi connectivity index (χ4v) is 3.15. The van der Waals surface area contributed by atoms with E-state index < -0.39 is 0 Å². The third-order valence-electron chi connectivity index (χ3n) is 4.74. The van der Waals surface area contributed by atoms with Gasteiger partial charge in [0, 0.05) is 26.8 Å². The zero-order valence-corrected chi connectivity index (χ0v) is 17.1. The first kappa shape index (κ1) is 21.1. The van der Waals surface area contributed by atoms with Crippen molar-refractivity contribution in [2.24, 2.45) is 4.99 Å². The fourth-order valence-electron chi connectivity index (χ4n) is 3.15. The van der Waals surface area contributed by atoms with E-state index in [-0.39, 0.29) is 0 Å². The van der Waals surface area contributed by atoms with Gasteiger partial charge in [-0.2, -0.15) is 0 Å². The van der Waals surface area contributed by atoms with E-state index in [0.29, 0.717) is 32.4 Å². The molecule has 6 heteroatoms. The van der Waals surface area contributed by atoms with Crippen LogP contribution in [0.5, 0.6) is 5.75 Å². The van der Waals surface area contributed by atoms with Gasteiger partial charge in [-0.3, -0.25) is 4.99 Å². The Kier molecular flexibility index (Phi) is 8.82. The topological polar surface area (TPSA) is 64.1 Å². The second kappa shape index (κ2) is 12.1. The number of nitrogens with one attached hydrogen (secondary N) is 2. The monoisotopic (exact) mass is 397 g/mol. The first-order valence-corrected chi connectivity index (χ1v) is 10.2. The molecule has 0 unspecified atom stereocenters. The van der Waals surface area contributed by atoms with Crippen molar-refractivity contribution < 1.29 is 14.2 Å². The molecule has 2 aromatic carbocycles. The van der Waals surface area contributed by atoms with E-state index in [2.05, 4.69) is 39.9 Å². The van der Waals surface area contributed by atoms with Gasteiger partial charge in [-0.05, 0) is 36.1 Å². The maximum atomic E-state index is 6.02. The SMILES string of the molecule is CN=C(NCCOc1ccccc1)NCc1cccc(COC2CCOCC2)c1. The number of nitrogens with zero attached hydrogens (tertiary/aromatic N) is 1. The molecule has 1 aliphatic rings. The van der Waals surface area contributed by atoms with Gasteiger partial charge in [-0.15, -0.1) is 0 Å². The highest BCUT2D eigenvalue weighted by atomic mass is 16.5. The number of guanidine groups is 1. The molecule has 156 valence electrons. The second-order valence-electron chi connectivity index (χ2n) is 6.96. The molecule has 0 atom stereocenters. The van der Waals surface area contributed by atoms with Crippen molar-refractivity contribution in [3.63, 3.8) is 0 Å². The number of rotatable bonds is 9. The Hall–Kier alpha value is -2.57. The predicted octanol–water partition coefficient (Wildman–Crippen LogP) is 3.13. The van der Waals surface area contributed by atoms with Gasteiger partial charge in [-0.25, -0.2) is 0 Å². The lowest BCUT2D eigenvalue weighted by Crippen LogP contribution is -2.38. The summed E-state index contributed by atoms with van der Waals surface area (Å²) >= 11 is 0. The van der Waals surface area contributed by atoms with Gasteiger partial charge >= 0.3 is 0 Å². The zero-order chi connectivity index (χ0) is 20.2. The quantitative estimate of drug-likeness (QED) is 0.387. The Morgan fingerprint density at radius 1 is 1.03 bits per heavy atom. The third kappa shape index (κ3) is 7.75. The van der Waals surface area contributed by atoms with Crippen LogP contribution >= 0.6 is 0 Å². The number of para-hydroxylation sites is 1. The van der Waals surface area contributed by atoms with E-state index in [1.54, 1.807) is 7.05 Å². The molecule has 2 aromatic rings. The average molecular weight is 398 g/mol. The summed E-state index contributed by atoms with van der Waals surface area (Å²) in [7, 11) is 1.77. The lowest BCUT2D eigenvalue weighted by molar-refractivity contribution is -0.0390. The minimum Gasteiger partial charge on any atom is -0.492 e. The van der Waals surface area contributed by atoms with E-state index in [1.807, 2.05) is 30.3 Å². The molecule has 0 saturated carbocycles. The molecule has 0 spiro atoms. The summed E-state index contributed by atoms with van der Waals surface area (Å²) in [4.78, 5) is 4.27. The number of ether oxygens (including phenoxy) is 3. The van der Waals surface area contributed by atoms with Crippen LogP contribution in [0.2, 0.25) is 0 Å². The Morgan fingerprint density at radius 2 is 1.83 bits per heavy atom. The van der Waals surface area contributed by atoms with Crippen LogP contribution in [0, 0.1) is 0 Å². The van der Waals surface area contributed by atoms with E-state index in [9.17, 15) is 0 Å². The summed E-state index contributed by atoms with van der Waals surface area (Å²) in [5, 5.41) is 6.61. The lowest BCUT2D eigenvalue weighted by Gasteiger charge is -2.22. The Bertz CT molecular complexity index is 746. The molecule has 0 bridgehead atoms. The lowest BCUT2D eigenvalue weighted by atomic mass is 10.1. The van der Waals surface area contributed by atoms with Crippen molar-refractivity contribution in [1.82, 2.24) is 10.6 Å². The highest BCUT2D eigenvalue weighted by Gasteiger charge is 2.14. The molecule has 0 aliphatic carbocycles. The van der Waals surface area contributed by atoms with E-state index >= 15 is 0 Å². The molecule has 29 heavy (non-hydrogen) atoms. The second-order valence-corrected chi connectivity index (χ2v) is 6.96. The largest absolute Gasteiger partial charge is 0.492 e. The van der Waals surface area contributed by atoms with Crippen molar-refractivity contribution in [2.75, 3.05) is 33.4 Å². The molecule has 1 fully saturated rings. The summed E-state index contributed by atoms with van der Waals surface area (Å²) in [6.07, 6.45) is 2.28. The summed E-state index contributed by atoms with van der Waals surface area (Å²) in [5.74, 6) is 1.63. The van der Waals surface area contributed by atoms with E-state index in [1.165, 1.54) is 11.1 Å². The molecular formula is C23H31N3O3. The number of hydrogen-bond acceptors (Lipinski definition) is 4. The Balaban J connectivity index is 1.37. The van der Waals surface area contributed by atoms with E-state index in [0.717, 1.165) is 37.8 Å². The minimum absolute atomic E-state index is 0.312. The van der Waals surface area contributed by atoms with Crippen molar-refractivity contribution >= 4 is 5.96 Å². The van der Waals surface area contributed by atoms with Gasteiger partial charge in [0.1, 0.15) is 12.4 Å². The molecule has 3 rings (SSSR count). The van der Waals surface area contributed by atoms with E-state index in [4.69, 9.17) is 14.2 Å². The highest BCUT2D eigenvalue weighted by molar-refractivity contribution is 5.79. The van der Waals surface area contributed by atoms with Gasteiger partial charge in [0.15, 0.2) is 5.96 Å². The smallest absolute Gasteiger partial charge is 0.191 e. The number of benzene rings is 2. The fraction of sp³-hybridized carbons (Fsp3) is 0.435. The predicted molar refractivity (Wildman–Crippen MR) is 115 cm³/mol. The van der Waals surface area contributed by atoms with Gasteiger partial charge < -0.3 is 24.8 Å². The van der Waals surface area contributed by atoms with Crippen molar-refractivity contribution in [1.29, 1.82) is 0 Å². The molecule has 1 saturated heterocycles. The summed E-state index contributed by atoms with van der Waals surface area (Å²) in [6, 6.07) is 18.3. The third-order valence-corrected chi connectivity index (χ3v) is 4.74. The Morgan fingerprint density at radius 3 is 2.62 bits per heavy atom. The summed E-state index contributed by atoms with van der Waals surface area (Å²) in [6.45, 7) is 4.19. The molecule has 0 radical (unpaired) electrons. The summed E-state index contributed by atoms with van der Waals surface area (Å²) < 4.78 is 17.1. The molecule has 0 amide bonds. The minimum atomic E-state index is 0.312. The van der Waals surface area contributed by atoms with Crippen molar-refractivity contribution in [3.8, 4) is 5.75 Å². The van der Waals surface area contributed by atoms with Crippen LogP contribution in [0.4, 0.5) is 0 Å². The molecule has 1 aliphatic heterocycles. The molecule has 1 heterocycles. The zero-order valence-electron chi connectivity index (χ0n) is 17.1. The van der Waals surface area contributed by atoms with Gasteiger partial charge in [0.25, 0.3) is 0 Å². The number of aliphatic imine (C=N–C) groups is 1. The highest BCUT2D eigenvalue weighted by Crippen LogP contribution is 2.14. The number of hydrogen-bond donors (Lipinski definition) is 2. The van der Waals surface area contributed by atoms with Gasteiger partial charge in [0.2, 0.25) is 0 Å². The van der Waals surface area contributed by atoms with Crippen LogP contribution < -0.4 is 15.4 Å². The van der Waals surface area contributed by atoms with Gasteiger partial charge in [-0.1, -0.05) is 42.5 Å². The van der Waals surface area contributed by atoms with Crippen molar-refractivity contribution in [2.45, 2.75) is 32.1 Å². The molecule has 2 N–H and O–H groups in total. The molecule has 6 nitrogen and oxygen atoms in total. The standard InChI is InChI=1S/C23H31N3O3/c1-24-23(25-12-15-28-21-8-3-2-4-9-21)26-17-19-6-5-7-20(16-19)18-29-22-10-13-27-14-11-22/h2-9,16,22H,10-15,17-18H2,1H3,(H2,24,25,26). The Labute approximate surface area is 173 Å². The van der Waals surface area contributed by atoms with Crippen molar-refractivity contribution in [3.05, 3.63) is 65.7 Å². The molecule has 0 aromatic heterocycles. The summed E-state index contributed by atoms with van der Waals surface area (Å²) in [5.41, 5.74) is 2.39. The maximum absolute atomic E-state index is 6.02.